The maximum Gasteiger partial charge on any atom is 0.158 e. The number of thiophene rings is 1. The minimum atomic E-state index is 0.254. The molecule has 2 heterocycles. The van der Waals surface area contributed by atoms with Crippen LogP contribution in [-0.2, 0) is 16.1 Å². The normalized spacial score (nSPS) is 22.6. The van der Waals surface area contributed by atoms with Crippen molar-refractivity contribution in [1.29, 1.82) is 0 Å². The SMILES string of the molecule is CNc1nc(COC2CCCC(OC)C2)nc2sccc12. The maximum atomic E-state index is 6.00. The second-order valence-corrected chi connectivity index (χ2v) is 6.23. The Bertz CT molecular complexity index is 602. The molecule has 6 heteroatoms. The fraction of sp³-hybridized carbons (Fsp3) is 0.600. The first-order valence-electron chi connectivity index (χ1n) is 7.36. The molecule has 2 atom stereocenters. The van der Waals surface area contributed by atoms with E-state index in [4.69, 9.17) is 9.47 Å². The molecular weight excluding hydrogens is 286 g/mol. The number of ether oxygens (including phenoxy) is 2. The van der Waals surface area contributed by atoms with Crippen molar-refractivity contribution in [3.63, 3.8) is 0 Å². The van der Waals surface area contributed by atoms with E-state index < -0.39 is 0 Å². The summed E-state index contributed by atoms with van der Waals surface area (Å²) >= 11 is 1.63. The molecule has 2 aromatic rings. The molecule has 3 rings (SSSR count). The first kappa shape index (κ1) is 14.7. The highest BCUT2D eigenvalue weighted by molar-refractivity contribution is 7.16. The molecule has 2 aromatic heterocycles. The highest BCUT2D eigenvalue weighted by Gasteiger charge is 2.22. The van der Waals surface area contributed by atoms with E-state index >= 15 is 0 Å². The van der Waals surface area contributed by atoms with Crippen LogP contribution in [0.25, 0.3) is 10.2 Å². The van der Waals surface area contributed by atoms with E-state index in [2.05, 4.69) is 15.3 Å². The van der Waals surface area contributed by atoms with Crippen molar-refractivity contribution >= 4 is 27.4 Å². The van der Waals surface area contributed by atoms with Gasteiger partial charge in [-0.15, -0.1) is 11.3 Å². The molecule has 1 aliphatic carbocycles. The quantitative estimate of drug-likeness (QED) is 0.919. The van der Waals surface area contributed by atoms with E-state index in [1.165, 1.54) is 0 Å². The largest absolute Gasteiger partial charge is 0.381 e. The molecular formula is C15H21N3O2S. The second-order valence-electron chi connectivity index (χ2n) is 5.34. The van der Waals surface area contributed by atoms with Crippen molar-refractivity contribution in [2.45, 2.75) is 44.5 Å². The summed E-state index contributed by atoms with van der Waals surface area (Å²) < 4.78 is 11.4. The molecule has 5 nitrogen and oxygen atoms in total. The molecule has 0 radical (unpaired) electrons. The lowest BCUT2D eigenvalue weighted by atomic mass is 9.95. The fourth-order valence-corrected chi connectivity index (χ4v) is 3.60. The van der Waals surface area contributed by atoms with Gasteiger partial charge in [-0.05, 0) is 37.1 Å². The molecule has 0 spiro atoms. The summed E-state index contributed by atoms with van der Waals surface area (Å²) in [6.07, 6.45) is 4.95. The number of nitrogens with zero attached hydrogens (tertiary/aromatic N) is 2. The zero-order valence-electron chi connectivity index (χ0n) is 12.5. The van der Waals surface area contributed by atoms with Gasteiger partial charge in [-0.1, -0.05) is 0 Å². The number of hydrogen-bond donors (Lipinski definition) is 1. The molecule has 0 saturated heterocycles. The summed E-state index contributed by atoms with van der Waals surface area (Å²) in [5.41, 5.74) is 0. The Hall–Kier alpha value is -1.24. The second kappa shape index (κ2) is 6.68. The van der Waals surface area contributed by atoms with Crippen LogP contribution < -0.4 is 5.32 Å². The van der Waals surface area contributed by atoms with Crippen LogP contribution >= 0.6 is 11.3 Å². The predicted octanol–water partition coefficient (Wildman–Crippen LogP) is 3.21. The van der Waals surface area contributed by atoms with Gasteiger partial charge < -0.3 is 14.8 Å². The van der Waals surface area contributed by atoms with Gasteiger partial charge >= 0.3 is 0 Å². The van der Waals surface area contributed by atoms with Gasteiger partial charge in [0, 0.05) is 14.2 Å². The van der Waals surface area contributed by atoms with Crippen molar-refractivity contribution in [2.24, 2.45) is 0 Å². The van der Waals surface area contributed by atoms with E-state index in [0.29, 0.717) is 12.7 Å². The molecule has 1 N–H and O–H groups in total. The zero-order valence-corrected chi connectivity index (χ0v) is 13.3. The molecule has 114 valence electrons. The van der Waals surface area contributed by atoms with Gasteiger partial charge in [0.2, 0.25) is 0 Å². The van der Waals surface area contributed by atoms with Crippen LogP contribution in [0.1, 0.15) is 31.5 Å². The highest BCUT2D eigenvalue weighted by Crippen LogP contribution is 2.26. The van der Waals surface area contributed by atoms with Crippen LogP contribution in [0.15, 0.2) is 11.4 Å². The monoisotopic (exact) mass is 307 g/mol. The molecule has 0 bridgehead atoms. The minimum absolute atomic E-state index is 0.254. The Morgan fingerprint density at radius 2 is 2.19 bits per heavy atom. The van der Waals surface area contributed by atoms with Gasteiger partial charge in [0.05, 0.1) is 17.6 Å². The Balaban J connectivity index is 1.67. The van der Waals surface area contributed by atoms with Crippen molar-refractivity contribution in [2.75, 3.05) is 19.5 Å². The zero-order chi connectivity index (χ0) is 14.7. The Morgan fingerprint density at radius 3 is 3.00 bits per heavy atom. The number of methoxy groups -OCH3 is 1. The van der Waals surface area contributed by atoms with Gasteiger partial charge in [-0.25, -0.2) is 9.97 Å². The standard InChI is InChI=1S/C15H21N3O2S/c1-16-14-12-6-7-21-15(12)18-13(17-14)9-20-11-5-3-4-10(8-11)19-2/h6-7,10-11H,3-5,8-9H2,1-2H3,(H,16,17,18). The minimum Gasteiger partial charge on any atom is -0.381 e. The Morgan fingerprint density at radius 1 is 1.33 bits per heavy atom. The topological polar surface area (TPSA) is 56.3 Å². The Labute approximate surface area is 128 Å². The average molecular weight is 307 g/mol. The molecule has 0 aromatic carbocycles. The smallest absolute Gasteiger partial charge is 0.158 e. The van der Waals surface area contributed by atoms with Gasteiger partial charge in [0.15, 0.2) is 5.82 Å². The lowest BCUT2D eigenvalue weighted by molar-refractivity contribution is -0.0380. The van der Waals surface area contributed by atoms with Crippen molar-refractivity contribution in [1.82, 2.24) is 9.97 Å². The Kier molecular flexibility index (Phi) is 4.67. The number of rotatable bonds is 5. The average Bonchev–Trinajstić information content (AvgIpc) is 3.00. The summed E-state index contributed by atoms with van der Waals surface area (Å²) in [7, 11) is 3.66. The molecule has 21 heavy (non-hydrogen) atoms. The molecule has 2 unspecified atom stereocenters. The molecule has 1 fully saturated rings. The third-order valence-electron chi connectivity index (χ3n) is 3.97. The van der Waals surface area contributed by atoms with Crippen LogP contribution in [0, 0.1) is 0 Å². The predicted molar refractivity (Wildman–Crippen MR) is 84.8 cm³/mol. The number of aromatic nitrogens is 2. The van der Waals surface area contributed by atoms with E-state index in [9.17, 15) is 0 Å². The van der Waals surface area contributed by atoms with E-state index in [1.807, 2.05) is 18.5 Å². The van der Waals surface area contributed by atoms with Crippen LogP contribution in [0.2, 0.25) is 0 Å². The summed E-state index contributed by atoms with van der Waals surface area (Å²) in [6.45, 7) is 0.462. The summed E-state index contributed by atoms with van der Waals surface area (Å²) in [6, 6.07) is 2.04. The molecule has 1 aliphatic rings. The third-order valence-corrected chi connectivity index (χ3v) is 4.77. The summed E-state index contributed by atoms with van der Waals surface area (Å²) in [5, 5.41) is 6.24. The van der Waals surface area contributed by atoms with Gasteiger partial charge in [0.1, 0.15) is 17.3 Å². The van der Waals surface area contributed by atoms with Crippen molar-refractivity contribution < 1.29 is 9.47 Å². The summed E-state index contributed by atoms with van der Waals surface area (Å²) in [4.78, 5) is 10.1. The van der Waals surface area contributed by atoms with Crippen LogP contribution in [0.4, 0.5) is 5.82 Å². The van der Waals surface area contributed by atoms with Crippen molar-refractivity contribution in [3.8, 4) is 0 Å². The molecule has 0 aliphatic heterocycles. The van der Waals surface area contributed by atoms with Crippen LogP contribution in [0.3, 0.4) is 0 Å². The lowest BCUT2D eigenvalue weighted by Gasteiger charge is -2.28. The molecule has 0 amide bonds. The van der Waals surface area contributed by atoms with E-state index in [1.54, 1.807) is 18.4 Å². The van der Waals surface area contributed by atoms with Gasteiger partial charge in [0.25, 0.3) is 0 Å². The highest BCUT2D eigenvalue weighted by atomic mass is 32.1. The first-order valence-corrected chi connectivity index (χ1v) is 8.24. The van der Waals surface area contributed by atoms with Gasteiger partial charge in [-0.2, -0.15) is 0 Å². The summed E-state index contributed by atoms with van der Waals surface area (Å²) in [5.74, 6) is 1.62. The molecule has 1 saturated carbocycles. The fourth-order valence-electron chi connectivity index (χ4n) is 2.81. The number of fused-ring (bicyclic) bond motifs is 1. The van der Waals surface area contributed by atoms with Crippen LogP contribution in [-0.4, -0.2) is 36.3 Å². The van der Waals surface area contributed by atoms with Crippen LogP contribution in [0.5, 0.6) is 0 Å². The van der Waals surface area contributed by atoms with E-state index in [0.717, 1.165) is 47.5 Å². The van der Waals surface area contributed by atoms with Gasteiger partial charge in [-0.3, -0.25) is 0 Å². The number of anilines is 1. The number of nitrogens with one attached hydrogen (secondary N) is 1. The third kappa shape index (κ3) is 3.33. The van der Waals surface area contributed by atoms with E-state index in [-0.39, 0.29) is 6.10 Å². The maximum absolute atomic E-state index is 6.00. The lowest BCUT2D eigenvalue weighted by Crippen LogP contribution is -2.27. The van der Waals surface area contributed by atoms with Crippen molar-refractivity contribution in [3.05, 3.63) is 17.3 Å². The first-order chi connectivity index (χ1) is 10.3. The number of hydrogen-bond acceptors (Lipinski definition) is 6.